The molecule has 1 rings (SSSR count). The number of carbonyl (C=O) groups excluding carboxylic acids is 1. The Hall–Kier alpha value is -1.79. The predicted molar refractivity (Wildman–Crippen MR) is 70.2 cm³/mol. The lowest BCUT2D eigenvalue weighted by Crippen LogP contribution is -2.42. The molecular formula is C13H18F3N3O. The van der Waals surface area contributed by atoms with Gasteiger partial charge in [-0.25, -0.2) is 4.98 Å². The minimum Gasteiger partial charge on any atom is -0.359 e. The summed E-state index contributed by atoms with van der Waals surface area (Å²) in [7, 11) is 0. The second-order valence-electron chi connectivity index (χ2n) is 4.61. The number of nitrogens with one attached hydrogen (secondary N) is 2. The second kappa shape index (κ2) is 6.58. The average Bonchev–Trinajstić information content (AvgIpc) is 2.38. The molecule has 112 valence electrons. The molecule has 0 radical (unpaired) electrons. The van der Waals surface area contributed by atoms with E-state index in [1.165, 1.54) is 6.07 Å². The van der Waals surface area contributed by atoms with Crippen molar-refractivity contribution in [2.75, 3.05) is 5.32 Å². The van der Waals surface area contributed by atoms with Gasteiger partial charge in [-0.15, -0.1) is 0 Å². The summed E-state index contributed by atoms with van der Waals surface area (Å²) in [6, 6.07) is 1.60. The lowest BCUT2D eigenvalue weighted by atomic mass is 10.2. The van der Waals surface area contributed by atoms with E-state index in [9.17, 15) is 18.0 Å². The number of amides is 1. The number of nitrogens with zero attached hydrogens (tertiary/aromatic N) is 1. The minimum absolute atomic E-state index is 0.0484. The van der Waals surface area contributed by atoms with Crippen LogP contribution < -0.4 is 10.6 Å². The van der Waals surface area contributed by atoms with Gasteiger partial charge in [0.05, 0.1) is 5.56 Å². The van der Waals surface area contributed by atoms with Gasteiger partial charge in [0.1, 0.15) is 11.9 Å². The highest BCUT2D eigenvalue weighted by Crippen LogP contribution is 2.28. The second-order valence-corrected chi connectivity index (χ2v) is 4.61. The van der Waals surface area contributed by atoms with E-state index >= 15 is 0 Å². The molecule has 7 heteroatoms. The van der Waals surface area contributed by atoms with Crippen molar-refractivity contribution >= 4 is 11.7 Å². The van der Waals surface area contributed by atoms with Crippen molar-refractivity contribution in [3.8, 4) is 0 Å². The van der Waals surface area contributed by atoms with Gasteiger partial charge in [0.2, 0.25) is 5.91 Å². The Morgan fingerprint density at radius 3 is 2.45 bits per heavy atom. The average molecular weight is 289 g/mol. The summed E-state index contributed by atoms with van der Waals surface area (Å²) in [5.74, 6) is 0.00542. The summed E-state index contributed by atoms with van der Waals surface area (Å²) in [5, 5.41) is 5.54. The van der Waals surface area contributed by atoms with Crippen LogP contribution in [-0.2, 0) is 11.0 Å². The molecule has 2 atom stereocenters. The van der Waals surface area contributed by atoms with Gasteiger partial charge in [-0.05, 0) is 32.4 Å². The first-order chi connectivity index (χ1) is 9.24. The monoisotopic (exact) mass is 289 g/mol. The molecule has 2 unspecified atom stereocenters. The maximum Gasteiger partial charge on any atom is 0.417 e. The van der Waals surface area contributed by atoms with Gasteiger partial charge in [-0.3, -0.25) is 4.79 Å². The lowest BCUT2D eigenvalue weighted by Gasteiger charge is -2.18. The Balaban J connectivity index is 2.62. The van der Waals surface area contributed by atoms with Gasteiger partial charge < -0.3 is 10.6 Å². The molecule has 0 aliphatic heterocycles. The standard InChI is InChI=1S/C13H18F3N3O/c1-4-8(2)18-12(20)9(3)19-11-6-5-10(7-17-11)13(14,15)16/h5-9H,4H2,1-3H3,(H,17,19)(H,18,20). The fourth-order valence-corrected chi connectivity index (χ4v) is 1.40. The van der Waals surface area contributed by atoms with E-state index in [0.717, 1.165) is 18.7 Å². The van der Waals surface area contributed by atoms with E-state index in [1.54, 1.807) is 6.92 Å². The summed E-state index contributed by atoms with van der Waals surface area (Å²) in [5.41, 5.74) is -0.820. The molecule has 1 aromatic rings. The molecule has 1 amide bonds. The summed E-state index contributed by atoms with van der Waals surface area (Å²) >= 11 is 0. The van der Waals surface area contributed by atoms with Gasteiger partial charge in [0.25, 0.3) is 0 Å². The van der Waals surface area contributed by atoms with Crippen LogP contribution in [0.3, 0.4) is 0 Å². The number of pyridine rings is 1. The minimum atomic E-state index is -4.41. The Morgan fingerprint density at radius 2 is 2.00 bits per heavy atom. The van der Waals surface area contributed by atoms with Crippen molar-refractivity contribution in [1.29, 1.82) is 0 Å². The molecule has 0 aliphatic carbocycles. The lowest BCUT2D eigenvalue weighted by molar-refractivity contribution is -0.137. The quantitative estimate of drug-likeness (QED) is 0.876. The van der Waals surface area contributed by atoms with Crippen molar-refractivity contribution in [3.05, 3.63) is 23.9 Å². The van der Waals surface area contributed by atoms with Crippen LogP contribution in [0.2, 0.25) is 0 Å². The molecule has 4 nitrogen and oxygen atoms in total. The Kier molecular flexibility index (Phi) is 5.35. The molecule has 0 bridgehead atoms. The number of hydrogen-bond acceptors (Lipinski definition) is 3. The Morgan fingerprint density at radius 1 is 1.35 bits per heavy atom. The maximum absolute atomic E-state index is 12.4. The van der Waals surface area contributed by atoms with Gasteiger partial charge >= 0.3 is 6.18 Å². The number of rotatable bonds is 5. The van der Waals surface area contributed by atoms with E-state index in [0.29, 0.717) is 0 Å². The zero-order chi connectivity index (χ0) is 15.3. The first-order valence-electron chi connectivity index (χ1n) is 6.34. The van der Waals surface area contributed by atoms with Crippen LogP contribution >= 0.6 is 0 Å². The van der Waals surface area contributed by atoms with Crippen molar-refractivity contribution in [3.63, 3.8) is 0 Å². The first-order valence-corrected chi connectivity index (χ1v) is 6.34. The maximum atomic E-state index is 12.4. The number of halogens is 3. The molecule has 0 saturated carbocycles. The summed E-state index contributed by atoms with van der Waals surface area (Å²) < 4.78 is 37.1. The molecule has 20 heavy (non-hydrogen) atoms. The first kappa shape index (κ1) is 16.3. The molecule has 0 aliphatic rings. The van der Waals surface area contributed by atoms with Crippen LogP contribution in [0.5, 0.6) is 0 Å². The highest BCUT2D eigenvalue weighted by atomic mass is 19.4. The van der Waals surface area contributed by atoms with Crippen molar-refractivity contribution in [2.24, 2.45) is 0 Å². The van der Waals surface area contributed by atoms with Crippen molar-refractivity contribution in [1.82, 2.24) is 10.3 Å². The molecule has 0 saturated heterocycles. The smallest absolute Gasteiger partial charge is 0.359 e. The van der Waals surface area contributed by atoms with Crippen LogP contribution in [0, 0.1) is 0 Å². The van der Waals surface area contributed by atoms with Crippen LogP contribution in [0.1, 0.15) is 32.8 Å². The summed E-state index contributed by atoms with van der Waals surface area (Å²) in [6.45, 7) is 5.44. The largest absolute Gasteiger partial charge is 0.417 e. The zero-order valence-electron chi connectivity index (χ0n) is 11.6. The fraction of sp³-hybridized carbons (Fsp3) is 0.538. The molecule has 1 heterocycles. The Labute approximate surface area is 115 Å². The highest BCUT2D eigenvalue weighted by molar-refractivity contribution is 5.84. The normalized spacial score (nSPS) is 14.5. The molecule has 2 N–H and O–H groups in total. The number of alkyl halides is 3. The molecule has 0 fully saturated rings. The SMILES string of the molecule is CCC(C)NC(=O)C(C)Nc1ccc(C(F)(F)F)cn1. The molecule has 1 aromatic heterocycles. The molecule has 0 aromatic carbocycles. The van der Waals surface area contributed by atoms with E-state index < -0.39 is 17.8 Å². The van der Waals surface area contributed by atoms with E-state index in [2.05, 4.69) is 15.6 Å². The third-order valence-corrected chi connectivity index (χ3v) is 2.85. The molecular weight excluding hydrogens is 271 g/mol. The topological polar surface area (TPSA) is 54.0 Å². The highest BCUT2D eigenvalue weighted by Gasteiger charge is 2.30. The van der Waals surface area contributed by atoms with Gasteiger partial charge in [-0.1, -0.05) is 6.92 Å². The van der Waals surface area contributed by atoms with Crippen LogP contribution in [0.15, 0.2) is 18.3 Å². The Bertz CT molecular complexity index is 445. The van der Waals surface area contributed by atoms with Gasteiger partial charge in [-0.2, -0.15) is 13.2 Å². The predicted octanol–water partition coefficient (Wildman–Crippen LogP) is 2.82. The number of hydrogen-bond donors (Lipinski definition) is 2. The van der Waals surface area contributed by atoms with Gasteiger partial charge in [0, 0.05) is 12.2 Å². The zero-order valence-corrected chi connectivity index (χ0v) is 11.6. The fourth-order valence-electron chi connectivity index (χ4n) is 1.40. The number of anilines is 1. The van der Waals surface area contributed by atoms with E-state index in [4.69, 9.17) is 0 Å². The molecule has 0 spiro atoms. The third kappa shape index (κ3) is 4.71. The number of carbonyl (C=O) groups is 1. The summed E-state index contributed by atoms with van der Waals surface area (Å²) in [6.07, 6.45) is -2.87. The van der Waals surface area contributed by atoms with Crippen molar-refractivity contribution < 1.29 is 18.0 Å². The number of aromatic nitrogens is 1. The van der Waals surface area contributed by atoms with E-state index in [-0.39, 0.29) is 17.8 Å². The van der Waals surface area contributed by atoms with Gasteiger partial charge in [0.15, 0.2) is 0 Å². The van der Waals surface area contributed by atoms with Crippen LogP contribution in [0.4, 0.5) is 19.0 Å². The van der Waals surface area contributed by atoms with Crippen molar-refractivity contribution in [2.45, 2.75) is 45.5 Å². The van der Waals surface area contributed by atoms with Crippen LogP contribution in [-0.4, -0.2) is 23.0 Å². The van der Waals surface area contributed by atoms with E-state index in [1.807, 2.05) is 13.8 Å². The summed E-state index contributed by atoms with van der Waals surface area (Å²) in [4.78, 5) is 15.4. The third-order valence-electron chi connectivity index (χ3n) is 2.85. The van der Waals surface area contributed by atoms with Crippen LogP contribution in [0.25, 0.3) is 0 Å².